The Balaban J connectivity index is 1.44. The fraction of sp³-hybridized carbons (Fsp3) is 0.579. The van der Waals surface area contributed by atoms with Crippen LogP contribution in [0.2, 0.25) is 0 Å². The summed E-state index contributed by atoms with van der Waals surface area (Å²) in [5.41, 5.74) is 1.55. The molecule has 2 aromatic heterocycles. The Kier molecular flexibility index (Phi) is 4.82. The van der Waals surface area contributed by atoms with E-state index in [1.54, 1.807) is 10.9 Å². The van der Waals surface area contributed by atoms with Crippen LogP contribution in [0.4, 0.5) is 0 Å². The van der Waals surface area contributed by atoms with Crippen molar-refractivity contribution in [1.29, 1.82) is 0 Å². The number of hydrogen-bond acceptors (Lipinski definition) is 5. The van der Waals surface area contributed by atoms with Gasteiger partial charge in [0, 0.05) is 38.6 Å². The van der Waals surface area contributed by atoms with Gasteiger partial charge in [0.2, 0.25) is 0 Å². The SMILES string of the molecule is CCn1nc(C)cc1C(=O)N1C[C@@H]2CN(Cc3ccco3)CCO[C@@H]2C1. The van der Waals surface area contributed by atoms with E-state index in [1.165, 1.54) is 0 Å². The van der Waals surface area contributed by atoms with E-state index in [1.807, 2.05) is 36.9 Å². The number of hydrogen-bond donors (Lipinski definition) is 0. The second-order valence-corrected chi connectivity index (χ2v) is 7.18. The minimum absolute atomic E-state index is 0.0571. The van der Waals surface area contributed by atoms with Crippen LogP contribution in [0.25, 0.3) is 0 Å². The summed E-state index contributed by atoms with van der Waals surface area (Å²) in [6, 6.07) is 5.80. The largest absolute Gasteiger partial charge is 0.468 e. The average molecular weight is 358 g/mol. The van der Waals surface area contributed by atoms with E-state index < -0.39 is 0 Å². The minimum atomic E-state index is 0.0571. The van der Waals surface area contributed by atoms with E-state index in [0.29, 0.717) is 31.3 Å². The zero-order chi connectivity index (χ0) is 18.1. The molecular formula is C19H26N4O3. The molecule has 0 aromatic carbocycles. The molecule has 1 amide bonds. The molecule has 4 rings (SSSR count). The van der Waals surface area contributed by atoms with Crippen molar-refractivity contribution in [3.05, 3.63) is 41.6 Å². The maximum absolute atomic E-state index is 13.0. The summed E-state index contributed by atoms with van der Waals surface area (Å²) in [5.74, 6) is 1.36. The number of ether oxygens (including phenoxy) is 1. The molecule has 2 aromatic rings. The number of furan rings is 1. The Hall–Kier alpha value is -2.12. The maximum Gasteiger partial charge on any atom is 0.272 e. The highest BCUT2D eigenvalue weighted by atomic mass is 16.5. The molecule has 2 aliphatic rings. The van der Waals surface area contributed by atoms with Crippen LogP contribution in [0.3, 0.4) is 0 Å². The Labute approximate surface area is 153 Å². The molecule has 0 saturated carbocycles. The Bertz CT molecular complexity index is 755. The predicted octanol–water partition coefficient (Wildman–Crippen LogP) is 1.78. The van der Waals surface area contributed by atoms with Gasteiger partial charge in [-0.3, -0.25) is 14.4 Å². The van der Waals surface area contributed by atoms with Gasteiger partial charge >= 0.3 is 0 Å². The van der Waals surface area contributed by atoms with Gasteiger partial charge in [0.25, 0.3) is 5.91 Å². The number of carbonyl (C=O) groups excluding carboxylic acids is 1. The van der Waals surface area contributed by atoms with Crippen LogP contribution in [0.5, 0.6) is 0 Å². The molecule has 7 nitrogen and oxygen atoms in total. The molecule has 140 valence electrons. The van der Waals surface area contributed by atoms with Crippen molar-refractivity contribution in [3.63, 3.8) is 0 Å². The monoisotopic (exact) mass is 358 g/mol. The van der Waals surface area contributed by atoms with Gasteiger partial charge < -0.3 is 14.1 Å². The van der Waals surface area contributed by atoms with Crippen LogP contribution >= 0.6 is 0 Å². The molecule has 4 heterocycles. The quantitative estimate of drug-likeness (QED) is 0.834. The lowest BCUT2D eigenvalue weighted by atomic mass is 10.1. The highest BCUT2D eigenvalue weighted by Gasteiger charge is 2.39. The lowest BCUT2D eigenvalue weighted by molar-refractivity contribution is 0.0480. The number of aromatic nitrogens is 2. The maximum atomic E-state index is 13.0. The zero-order valence-electron chi connectivity index (χ0n) is 15.4. The van der Waals surface area contributed by atoms with E-state index >= 15 is 0 Å². The van der Waals surface area contributed by atoms with E-state index in [4.69, 9.17) is 9.15 Å². The number of amides is 1. The lowest BCUT2D eigenvalue weighted by Crippen LogP contribution is -2.34. The van der Waals surface area contributed by atoms with Gasteiger partial charge in [-0.2, -0.15) is 5.10 Å². The lowest BCUT2D eigenvalue weighted by Gasteiger charge is -2.22. The third-order valence-electron chi connectivity index (χ3n) is 5.28. The van der Waals surface area contributed by atoms with Gasteiger partial charge in [-0.15, -0.1) is 0 Å². The standard InChI is InChI=1S/C19H26N4O3/c1-3-23-17(9-14(2)20-23)19(24)22-11-15-10-21(6-8-26-18(15)13-22)12-16-5-4-7-25-16/h4-5,7,9,15,18H,3,6,8,10-13H2,1-2H3/t15-,18+/m0/s1. The van der Waals surface area contributed by atoms with Crippen LogP contribution in [0, 0.1) is 12.8 Å². The van der Waals surface area contributed by atoms with E-state index in [-0.39, 0.29) is 12.0 Å². The molecule has 2 aliphatic heterocycles. The fourth-order valence-corrected chi connectivity index (χ4v) is 4.01. The first kappa shape index (κ1) is 17.3. The van der Waals surface area contributed by atoms with Gasteiger partial charge in [-0.05, 0) is 32.0 Å². The van der Waals surface area contributed by atoms with Crippen LogP contribution in [-0.2, 0) is 17.8 Å². The summed E-state index contributed by atoms with van der Waals surface area (Å²) < 4.78 is 13.3. The second-order valence-electron chi connectivity index (χ2n) is 7.18. The van der Waals surface area contributed by atoms with E-state index in [0.717, 1.165) is 37.6 Å². The molecule has 7 heteroatoms. The summed E-state index contributed by atoms with van der Waals surface area (Å²) in [5, 5.41) is 4.40. The van der Waals surface area contributed by atoms with Crippen molar-refractivity contribution in [2.45, 2.75) is 33.0 Å². The molecule has 0 unspecified atom stereocenters. The van der Waals surface area contributed by atoms with Crippen LogP contribution in [-0.4, -0.2) is 64.4 Å². The second kappa shape index (κ2) is 7.25. The highest BCUT2D eigenvalue weighted by Crippen LogP contribution is 2.26. The predicted molar refractivity (Wildman–Crippen MR) is 95.8 cm³/mol. The molecule has 0 N–H and O–H groups in total. The fourth-order valence-electron chi connectivity index (χ4n) is 4.01. The molecular weight excluding hydrogens is 332 g/mol. The van der Waals surface area contributed by atoms with Gasteiger partial charge in [0.05, 0.1) is 31.2 Å². The summed E-state index contributed by atoms with van der Waals surface area (Å²) in [7, 11) is 0. The van der Waals surface area contributed by atoms with E-state index in [9.17, 15) is 4.79 Å². The third kappa shape index (κ3) is 3.41. The Morgan fingerprint density at radius 2 is 2.23 bits per heavy atom. The molecule has 0 radical (unpaired) electrons. The molecule has 26 heavy (non-hydrogen) atoms. The first-order valence-corrected chi connectivity index (χ1v) is 9.34. The van der Waals surface area contributed by atoms with Gasteiger partial charge in [0.1, 0.15) is 11.5 Å². The first-order valence-electron chi connectivity index (χ1n) is 9.34. The number of fused-ring (bicyclic) bond motifs is 1. The number of likely N-dealkylation sites (tertiary alicyclic amines) is 1. The number of carbonyl (C=O) groups is 1. The third-order valence-corrected chi connectivity index (χ3v) is 5.28. The van der Waals surface area contributed by atoms with Crippen molar-refractivity contribution < 1.29 is 13.9 Å². The Morgan fingerprint density at radius 3 is 3.00 bits per heavy atom. The van der Waals surface area contributed by atoms with Gasteiger partial charge in [-0.25, -0.2) is 0 Å². The summed E-state index contributed by atoms with van der Waals surface area (Å²) in [4.78, 5) is 17.3. The van der Waals surface area contributed by atoms with Crippen molar-refractivity contribution in [2.24, 2.45) is 5.92 Å². The summed E-state index contributed by atoms with van der Waals surface area (Å²) in [6.07, 6.45) is 1.82. The first-order chi connectivity index (χ1) is 12.6. The van der Waals surface area contributed by atoms with Gasteiger partial charge in [0.15, 0.2) is 0 Å². The van der Waals surface area contributed by atoms with Crippen molar-refractivity contribution in [3.8, 4) is 0 Å². The average Bonchev–Trinajstić information content (AvgIpc) is 3.33. The molecule has 2 atom stereocenters. The van der Waals surface area contributed by atoms with Crippen molar-refractivity contribution in [2.75, 3.05) is 32.8 Å². The molecule has 0 spiro atoms. The van der Waals surface area contributed by atoms with Crippen LogP contribution in [0.15, 0.2) is 28.9 Å². The topological polar surface area (TPSA) is 63.7 Å². The van der Waals surface area contributed by atoms with Crippen LogP contribution in [0.1, 0.15) is 28.9 Å². The van der Waals surface area contributed by atoms with E-state index in [2.05, 4.69) is 10.00 Å². The molecule has 2 fully saturated rings. The molecule has 2 saturated heterocycles. The van der Waals surface area contributed by atoms with Gasteiger partial charge in [-0.1, -0.05) is 0 Å². The minimum Gasteiger partial charge on any atom is -0.468 e. The number of aryl methyl sites for hydroxylation is 2. The van der Waals surface area contributed by atoms with Crippen molar-refractivity contribution >= 4 is 5.91 Å². The number of nitrogens with zero attached hydrogens (tertiary/aromatic N) is 4. The smallest absolute Gasteiger partial charge is 0.272 e. The molecule has 0 bridgehead atoms. The van der Waals surface area contributed by atoms with Crippen LogP contribution < -0.4 is 0 Å². The highest BCUT2D eigenvalue weighted by molar-refractivity contribution is 5.93. The number of rotatable bonds is 4. The zero-order valence-corrected chi connectivity index (χ0v) is 15.4. The summed E-state index contributed by atoms with van der Waals surface area (Å²) in [6.45, 7) is 9.30. The van der Waals surface area contributed by atoms with Crippen molar-refractivity contribution in [1.82, 2.24) is 19.6 Å². The summed E-state index contributed by atoms with van der Waals surface area (Å²) >= 11 is 0. The normalized spacial score (nSPS) is 23.8. The Morgan fingerprint density at radius 1 is 1.35 bits per heavy atom. The molecule has 0 aliphatic carbocycles.